The number of hydrogen-bond donors (Lipinski definition) is 2. The second-order valence-corrected chi connectivity index (χ2v) is 8.22. The summed E-state index contributed by atoms with van der Waals surface area (Å²) >= 11 is 1.38. The van der Waals surface area contributed by atoms with E-state index in [9.17, 15) is 4.79 Å². The predicted molar refractivity (Wildman–Crippen MR) is 101 cm³/mol. The molecule has 2 heterocycles. The topological polar surface area (TPSA) is 85.2 Å². The number of aromatic nitrogens is 1. The van der Waals surface area contributed by atoms with Crippen molar-refractivity contribution < 1.29 is 4.79 Å². The van der Waals surface area contributed by atoms with E-state index in [2.05, 4.69) is 4.98 Å². The van der Waals surface area contributed by atoms with Crippen LogP contribution in [0.5, 0.6) is 0 Å². The highest BCUT2D eigenvalue weighted by atomic mass is 32.1. The zero-order chi connectivity index (χ0) is 17.6. The molecule has 25 heavy (non-hydrogen) atoms. The molecule has 2 fully saturated rings. The normalized spacial score (nSPS) is 25.4. The maximum Gasteiger partial charge on any atom is 0.274 e. The third kappa shape index (κ3) is 2.83. The zero-order valence-corrected chi connectivity index (χ0v) is 15.3. The first-order valence-electron chi connectivity index (χ1n) is 8.94. The molecule has 5 nitrogen and oxygen atoms in total. The number of nitrogen functional groups attached to an aromatic ring is 1. The Kier molecular flexibility index (Phi) is 4.25. The summed E-state index contributed by atoms with van der Waals surface area (Å²) in [6, 6.07) is 8.59. The summed E-state index contributed by atoms with van der Waals surface area (Å²) in [7, 11) is 0. The summed E-state index contributed by atoms with van der Waals surface area (Å²) in [6.07, 6.45) is 4.49. The van der Waals surface area contributed by atoms with Crippen LogP contribution < -0.4 is 11.5 Å². The number of amides is 1. The van der Waals surface area contributed by atoms with Crippen LogP contribution in [-0.4, -0.2) is 34.4 Å². The summed E-state index contributed by atoms with van der Waals surface area (Å²) in [5.74, 6) is 0.588. The van der Waals surface area contributed by atoms with Gasteiger partial charge in [0.15, 0.2) is 5.13 Å². The molecule has 0 unspecified atom stereocenters. The first-order chi connectivity index (χ1) is 12.1. The van der Waals surface area contributed by atoms with E-state index in [1.165, 1.54) is 29.7 Å². The van der Waals surface area contributed by atoms with Gasteiger partial charge in [-0.25, -0.2) is 4.98 Å². The Morgan fingerprint density at radius 3 is 2.80 bits per heavy atom. The number of fused-ring (bicyclic) bond motifs is 1. The standard InChI is InChI=1S/C19H24N4OS/c1-11-5-7-12(8-6-11)17-16(22-19(21)25-17)18(24)23-14(10-20)9-13-3-2-4-15(13)23/h5-8,13-15H,2-4,9-10,20H2,1H3,(H2,21,22)/t13-,14-,15-/m0/s1. The predicted octanol–water partition coefficient (Wildman–Crippen LogP) is 3.04. The second kappa shape index (κ2) is 6.42. The van der Waals surface area contributed by atoms with E-state index in [-0.39, 0.29) is 11.9 Å². The molecule has 0 bridgehead atoms. The minimum absolute atomic E-state index is 0.00613. The molecular weight excluding hydrogens is 332 g/mol. The van der Waals surface area contributed by atoms with Crippen LogP contribution in [0.25, 0.3) is 10.4 Å². The van der Waals surface area contributed by atoms with Crippen molar-refractivity contribution in [2.24, 2.45) is 11.7 Å². The van der Waals surface area contributed by atoms with E-state index in [4.69, 9.17) is 11.5 Å². The van der Waals surface area contributed by atoms with E-state index in [1.807, 2.05) is 36.1 Å². The molecule has 3 atom stereocenters. The molecule has 4 rings (SSSR count). The van der Waals surface area contributed by atoms with Crippen molar-refractivity contribution in [3.63, 3.8) is 0 Å². The largest absolute Gasteiger partial charge is 0.375 e. The van der Waals surface area contributed by atoms with Gasteiger partial charge in [-0.2, -0.15) is 0 Å². The Bertz CT molecular complexity index is 785. The van der Waals surface area contributed by atoms with Gasteiger partial charge < -0.3 is 16.4 Å². The van der Waals surface area contributed by atoms with Crippen molar-refractivity contribution in [2.75, 3.05) is 12.3 Å². The lowest BCUT2D eigenvalue weighted by Crippen LogP contribution is -2.44. The first-order valence-corrected chi connectivity index (χ1v) is 9.76. The Morgan fingerprint density at radius 1 is 1.32 bits per heavy atom. The van der Waals surface area contributed by atoms with Gasteiger partial charge in [0.1, 0.15) is 5.69 Å². The maximum atomic E-state index is 13.4. The lowest BCUT2D eigenvalue weighted by molar-refractivity contribution is 0.0661. The molecule has 1 aliphatic carbocycles. The molecule has 1 saturated heterocycles. The summed E-state index contributed by atoms with van der Waals surface area (Å²) in [5.41, 5.74) is 14.6. The number of anilines is 1. The number of likely N-dealkylation sites (tertiary alicyclic amines) is 1. The Hall–Kier alpha value is -1.92. The SMILES string of the molecule is Cc1ccc(-c2sc(N)nc2C(=O)N2[C@H](CN)C[C@@H]3CCC[C@@H]32)cc1. The van der Waals surface area contributed by atoms with Crippen LogP contribution in [0.4, 0.5) is 5.13 Å². The minimum atomic E-state index is -0.00613. The van der Waals surface area contributed by atoms with Crippen LogP contribution in [0.3, 0.4) is 0 Å². The van der Waals surface area contributed by atoms with Crippen LogP contribution in [0.1, 0.15) is 41.7 Å². The van der Waals surface area contributed by atoms with E-state index in [1.54, 1.807) is 0 Å². The molecule has 0 spiro atoms. The van der Waals surface area contributed by atoms with E-state index >= 15 is 0 Å². The molecule has 2 aromatic rings. The number of carbonyl (C=O) groups is 1. The van der Waals surface area contributed by atoms with Gasteiger partial charge in [-0.05, 0) is 37.7 Å². The monoisotopic (exact) mass is 356 g/mol. The van der Waals surface area contributed by atoms with E-state index < -0.39 is 0 Å². The highest BCUT2D eigenvalue weighted by molar-refractivity contribution is 7.19. The zero-order valence-electron chi connectivity index (χ0n) is 14.4. The van der Waals surface area contributed by atoms with Gasteiger partial charge in [0.05, 0.1) is 4.88 Å². The van der Waals surface area contributed by atoms with Gasteiger partial charge in [-0.3, -0.25) is 4.79 Å². The van der Waals surface area contributed by atoms with Gasteiger partial charge in [0.2, 0.25) is 0 Å². The van der Waals surface area contributed by atoms with Crippen molar-refractivity contribution in [1.29, 1.82) is 0 Å². The summed E-state index contributed by atoms with van der Waals surface area (Å²) < 4.78 is 0. The maximum absolute atomic E-state index is 13.4. The van der Waals surface area contributed by atoms with E-state index in [0.29, 0.717) is 29.3 Å². The van der Waals surface area contributed by atoms with Crippen LogP contribution in [0.2, 0.25) is 0 Å². The fourth-order valence-electron chi connectivity index (χ4n) is 4.42. The third-order valence-electron chi connectivity index (χ3n) is 5.61. The number of hydrogen-bond acceptors (Lipinski definition) is 5. The Morgan fingerprint density at radius 2 is 2.08 bits per heavy atom. The lowest BCUT2D eigenvalue weighted by Gasteiger charge is -2.29. The molecule has 1 aromatic heterocycles. The van der Waals surface area contributed by atoms with Gasteiger partial charge in [-0.15, -0.1) is 0 Å². The molecule has 2 aliphatic rings. The number of benzene rings is 1. The third-order valence-corrected chi connectivity index (χ3v) is 6.54. The molecule has 0 radical (unpaired) electrons. The van der Waals surface area contributed by atoms with Gasteiger partial charge in [0, 0.05) is 18.6 Å². The summed E-state index contributed by atoms with van der Waals surface area (Å²) in [5, 5.41) is 0.436. The molecule has 1 amide bonds. The highest BCUT2D eigenvalue weighted by Gasteiger charge is 2.46. The molecule has 1 aromatic carbocycles. The van der Waals surface area contributed by atoms with Crippen molar-refractivity contribution >= 4 is 22.4 Å². The van der Waals surface area contributed by atoms with Crippen LogP contribution >= 0.6 is 11.3 Å². The lowest BCUT2D eigenvalue weighted by atomic mass is 10.0. The molecular formula is C19H24N4OS. The molecule has 1 saturated carbocycles. The second-order valence-electron chi connectivity index (χ2n) is 7.19. The molecule has 6 heteroatoms. The number of thiazole rings is 1. The van der Waals surface area contributed by atoms with Crippen molar-refractivity contribution in [3.05, 3.63) is 35.5 Å². The van der Waals surface area contributed by atoms with Crippen LogP contribution in [-0.2, 0) is 0 Å². The molecule has 1 aliphatic heterocycles. The number of nitrogens with zero attached hydrogens (tertiary/aromatic N) is 2. The summed E-state index contributed by atoms with van der Waals surface area (Å²) in [4.78, 5) is 20.7. The quantitative estimate of drug-likeness (QED) is 0.885. The van der Waals surface area contributed by atoms with Crippen molar-refractivity contribution in [3.8, 4) is 10.4 Å². The van der Waals surface area contributed by atoms with Crippen molar-refractivity contribution in [2.45, 2.75) is 44.7 Å². The highest BCUT2D eigenvalue weighted by Crippen LogP contribution is 2.43. The van der Waals surface area contributed by atoms with Gasteiger partial charge in [-0.1, -0.05) is 47.6 Å². The number of carbonyl (C=O) groups excluding carboxylic acids is 1. The van der Waals surface area contributed by atoms with Crippen LogP contribution in [0, 0.1) is 12.8 Å². The minimum Gasteiger partial charge on any atom is -0.375 e. The van der Waals surface area contributed by atoms with Gasteiger partial charge in [0.25, 0.3) is 5.91 Å². The average Bonchev–Trinajstić information content (AvgIpc) is 3.28. The fraction of sp³-hybridized carbons (Fsp3) is 0.474. The van der Waals surface area contributed by atoms with E-state index in [0.717, 1.165) is 23.3 Å². The fourth-order valence-corrected chi connectivity index (χ4v) is 5.25. The van der Waals surface area contributed by atoms with Crippen LogP contribution in [0.15, 0.2) is 24.3 Å². The molecule has 132 valence electrons. The first kappa shape index (κ1) is 16.5. The Balaban J connectivity index is 1.72. The average molecular weight is 356 g/mol. The number of rotatable bonds is 3. The number of nitrogens with two attached hydrogens (primary N) is 2. The smallest absolute Gasteiger partial charge is 0.274 e. The molecule has 4 N–H and O–H groups in total. The van der Waals surface area contributed by atoms with Crippen molar-refractivity contribution in [1.82, 2.24) is 9.88 Å². The van der Waals surface area contributed by atoms with Gasteiger partial charge >= 0.3 is 0 Å². The Labute approximate surface area is 152 Å². The number of aryl methyl sites for hydroxylation is 1. The summed E-state index contributed by atoms with van der Waals surface area (Å²) in [6.45, 7) is 2.56.